The summed E-state index contributed by atoms with van der Waals surface area (Å²) in [7, 11) is 0. The second-order valence-corrected chi connectivity index (χ2v) is 4.08. The van der Waals surface area contributed by atoms with Crippen molar-refractivity contribution in [2.24, 2.45) is 0 Å². The van der Waals surface area contributed by atoms with Crippen molar-refractivity contribution in [3.8, 4) is 0 Å². The molecule has 5 heteroatoms. The summed E-state index contributed by atoms with van der Waals surface area (Å²) < 4.78 is 0. The van der Waals surface area contributed by atoms with Gasteiger partial charge in [0.15, 0.2) is 0 Å². The molecule has 1 saturated carbocycles. The first-order valence-electron chi connectivity index (χ1n) is 5.36. The van der Waals surface area contributed by atoms with Gasteiger partial charge in [-0.3, -0.25) is 4.79 Å². The highest BCUT2D eigenvalue weighted by Gasteiger charge is 2.23. The number of hydrogen-bond acceptors (Lipinski definition) is 2. The van der Waals surface area contributed by atoms with Gasteiger partial charge in [0.1, 0.15) is 0 Å². The van der Waals surface area contributed by atoms with Gasteiger partial charge >= 0.3 is 12.0 Å². The van der Waals surface area contributed by atoms with Crippen LogP contribution in [0.5, 0.6) is 0 Å². The Morgan fingerprint density at radius 1 is 1.47 bits per heavy atom. The lowest BCUT2D eigenvalue weighted by atomic mass is 10.1. The van der Waals surface area contributed by atoms with Gasteiger partial charge in [0, 0.05) is 18.5 Å². The second kappa shape index (κ2) is 5.58. The lowest BCUT2D eigenvalue weighted by molar-refractivity contribution is -0.137. The van der Waals surface area contributed by atoms with E-state index in [2.05, 4.69) is 10.6 Å². The van der Waals surface area contributed by atoms with E-state index in [0.29, 0.717) is 18.9 Å². The lowest BCUT2D eigenvalue weighted by Gasteiger charge is -2.13. The molecule has 1 unspecified atom stereocenters. The van der Waals surface area contributed by atoms with Crippen LogP contribution in [0.2, 0.25) is 0 Å². The Balaban J connectivity index is 2.03. The predicted octanol–water partition coefficient (Wildman–Crippen LogP) is 1.09. The summed E-state index contributed by atoms with van der Waals surface area (Å²) in [6.45, 7) is 1.88. The predicted molar refractivity (Wildman–Crippen MR) is 55.6 cm³/mol. The first-order chi connectivity index (χ1) is 7.08. The minimum Gasteiger partial charge on any atom is -0.481 e. The Bertz CT molecular complexity index is 239. The number of aliphatic carboxylic acids is 1. The highest BCUT2D eigenvalue weighted by atomic mass is 16.4. The summed E-state index contributed by atoms with van der Waals surface area (Å²) in [6, 6.07) is 0.250. The molecule has 0 saturated heterocycles. The van der Waals surface area contributed by atoms with E-state index in [-0.39, 0.29) is 18.5 Å². The number of rotatable bonds is 6. The zero-order valence-corrected chi connectivity index (χ0v) is 8.95. The minimum atomic E-state index is -0.787. The molecule has 0 heterocycles. The van der Waals surface area contributed by atoms with Gasteiger partial charge in [-0.15, -0.1) is 0 Å². The monoisotopic (exact) mass is 214 g/mol. The van der Waals surface area contributed by atoms with Crippen LogP contribution in [-0.2, 0) is 4.79 Å². The van der Waals surface area contributed by atoms with E-state index in [1.54, 1.807) is 0 Å². The maximum atomic E-state index is 11.3. The smallest absolute Gasteiger partial charge is 0.315 e. The Labute approximate surface area is 89.2 Å². The molecule has 0 aliphatic heterocycles. The standard InChI is InChI=1S/C10H18N2O3/c1-7(3-2-4-9(13)14)11-10(15)12-8-5-6-8/h7-8H,2-6H2,1H3,(H,13,14)(H2,11,12,15). The van der Waals surface area contributed by atoms with Crippen molar-refractivity contribution in [3.63, 3.8) is 0 Å². The van der Waals surface area contributed by atoms with Crippen molar-refractivity contribution in [1.29, 1.82) is 0 Å². The molecule has 86 valence electrons. The molecule has 0 radical (unpaired) electrons. The second-order valence-electron chi connectivity index (χ2n) is 4.08. The van der Waals surface area contributed by atoms with Crippen LogP contribution < -0.4 is 10.6 Å². The van der Waals surface area contributed by atoms with E-state index in [0.717, 1.165) is 12.8 Å². The van der Waals surface area contributed by atoms with Crippen molar-refractivity contribution in [3.05, 3.63) is 0 Å². The van der Waals surface area contributed by atoms with Gasteiger partial charge in [0.05, 0.1) is 0 Å². The molecule has 3 N–H and O–H groups in total. The summed E-state index contributed by atoms with van der Waals surface area (Å²) in [5.41, 5.74) is 0. The van der Waals surface area contributed by atoms with Crippen LogP contribution in [0.4, 0.5) is 4.79 Å². The molecule has 5 nitrogen and oxygen atoms in total. The van der Waals surface area contributed by atoms with Crippen LogP contribution in [0.15, 0.2) is 0 Å². The normalized spacial score (nSPS) is 16.9. The average molecular weight is 214 g/mol. The van der Waals surface area contributed by atoms with Gasteiger partial charge in [-0.1, -0.05) is 0 Å². The van der Waals surface area contributed by atoms with E-state index in [1.165, 1.54) is 0 Å². The van der Waals surface area contributed by atoms with Gasteiger partial charge in [-0.2, -0.15) is 0 Å². The van der Waals surface area contributed by atoms with Crippen molar-refractivity contribution in [1.82, 2.24) is 10.6 Å². The van der Waals surface area contributed by atoms with Crippen LogP contribution in [0, 0.1) is 0 Å². The molecule has 1 aliphatic carbocycles. The first kappa shape index (κ1) is 11.8. The fourth-order valence-corrected chi connectivity index (χ4v) is 1.31. The van der Waals surface area contributed by atoms with Crippen LogP contribution in [0.25, 0.3) is 0 Å². The van der Waals surface area contributed by atoms with Crippen molar-refractivity contribution in [2.75, 3.05) is 0 Å². The van der Waals surface area contributed by atoms with E-state index in [9.17, 15) is 9.59 Å². The molecular formula is C10H18N2O3. The van der Waals surface area contributed by atoms with Crippen molar-refractivity contribution >= 4 is 12.0 Å². The first-order valence-corrected chi connectivity index (χ1v) is 5.36. The van der Waals surface area contributed by atoms with E-state index >= 15 is 0 Å². The Morgan fingerprint density at radius 3 is 2.67 bits per heavy atom. The Hall–Kier alpha value is -1.26. The molecule has 1 rings (SSSR count). The molecule has 2 amide bonds. The lowest BCUT2D eigenvalue weighted by Crippen LogP contribution is -2.41. The highest BCUT2D eigenvalue weighted by molar-refractivity contribution is 5.74. The molecule has 0 aromatic rings. The number of carbonyl (C=O) groups excluding carboxylic acids is 1. The maximum absolute atomic E-state index is 11.3. The fourth-order valence-electron chi connectivity index (χ4n) is 1.31. The third-order valence-corrected chi connectivity index (χ3v) is 2.32. The summed E-state index contributed by atoms with van der Waals surface area (Å²) >= 11 is 0. The summed E-state index contributed by atoms with van der Waals surface area (Å²) in [5.74, 6) is -0.787. The molecule has 0 bridgehead atoms. The SMILES string of the molecule is CC(CCCC(=O)O)NC(=O)NC1CC1. The maximum Gasteiger partial charge on any atom is 0.315 e. The molecular weight excluding hydrogens is 196 g/mol. The third-order valence-electron chi connectivity index (χ3n) is 2.32. The third kappa shape index (κ3) is 5.93. The van der Waals surface area contributed by atoms with Crippen molar-refractivity contribution < 1.29 is 14.7 Å². The van der Waals surface area contributed by atoms with Gasteiger partial charge in [-0.05, 0) is 32.6 Å². The fraction of sp³-hybridized carbons (Fsp3) is 0.800. The number of hydrogen-bond donors (Lipinski definition) is 3. The number of carboxylic acid groups (broad SMARTS) is 1. The molecule has 0 spiro atoms. The van der Waals surface area contributed by atoms with E-state index < -0.39 is 5.97 Å². The molecule has 1 atom stereocenters. The largest absolute Gasteiger partial charge is 0.481 e. The zero-order valence-electron chi connectivity index (χ0n) is 8.95. The number of carbonyl (C=O) groups is 2. The van der Waals surface area contributed by atoms with Gasteiger partial charge in [0.2, 0.25) is 0 Å². The number of nitrogens with one attached hydrogen (secondary N) is 2. The van der Waals surface area contributed by atoms with Gasteiger partial charge in [0.25, 0.3) is 0 Å². The number of urea groups is 1. The Kier molecular flexibility index (Phi) is 4.39. The molecule has 0 aromatic carbocycles. The molecule has 15 heavy (non-hydrogen) atoms. The van der Waals surface area contributed by atoms with Crippen LogP contribution in [0.3, 0.4) is 0 Å². The molecule has 1 aliphatic rings. The number of amides is 2. The minimum absolute atomic E-state index is 0.0306. The summed E-state index contributed by atoms with van der Waals surface area (Å²) in [6.07, 6.45) is 3.60. The topological polar surface area (TPSA) is 78.4 Å². The van der Waals surface area contributed by atoms with E-state index in [4.69, 9.17) is 5.11 Å². The zero-order chi connectivity index (χ0) is 11.3. The highest BCUT2D eigenvalue weighted by Crippen LogP contribution is 2.18. The summed E-state index contributed by atoms with van der Waals surface area (Å²) in [4.78, 5) is 21.5. The molecule has 0 aromatic heterocycles. The van der Waals surface area contributed by atoms with Crippen LogP contribution >= 0.6 is 0 Å². The van der Waals surface area contributed by atoms with Crippen LogP contribution in [-0.4, -0.2) is 29.2 Å². The Morgan fingerprint density at radius 2 is 2.13 bits per heavy atom. The molecule has 1 fully saturated rings. The van der Waals surface area contributed by atoms with Crippen LogP contribution in [0.1, 0.15) is 39.0 Å². The number of carboxylic acids is 1. The quantitative estimate of drug-likeness (QED) is 0.619. The summed E-state index contributed by atoms with van der Waals surface area (Å²) in [5, 5.41) is 14.0. The van der Waals surface area contributed by atoms with Gasteiger partial charge < -0.3 is 15.7 Å². The van der Waals surface area contributed by atoms with Gasteiger partial charge in [-0.25, -0.2) is 4.79 Å². The van der Waals surface area contributed by atoms with Crippen molar-refractivity contribution in [2.45, 2.75) is 51.1 Å². The average Bonchev–Trinajstić information content (AvgIpc) is 2.86. The van der Waals surface area contributed by atoms with E-state index in [1.807, 2.05) is 6.92 Å².